The lowest BCUT2D eigenvalue weighted by Gasteiger charge is -2.21. The number of carbonyl (C=O) groups excluding carboxylic acids is 2. The molecule has 176 valence electrons. The molecule has 2 aromatic rings. The van der Waals surface area contributed by atoms with Crippen molar-refractivity contribution in [1.29, 1.82) is 0 Å². The van der Waals surface area contributed by atoms with Crippen molar-refractivity contribution in [1.82, 2.24) is 10.6 Å². The Morgan fingerprint density at radius 2 is 1.79 bits per heavy atom. The lowest BCUT2D eigenvalue weighted by Crippen LogP contribution is -2.52. The number of phenols is 1. The molecule has 2 rings (SSSR count). The Hall–Kier alpha value is -3.85. The highest BCUT2D eigenvalue weighted by Gasteiger charge is 2.27. The van der Waals surface area contributed by atoms with Gasteiger partial charge in [-0.3, -0.25) is 9.59 Å². The SMILES string of the molecule is COC(=O)[C@@H](Cc1ccccc1)NC(=O)[C@@H](CC(=O)O)NC/C=C/c1ccc(OC)c(O)c1. The fraction of sp³-hybridized carbons (Fsp3) is 0.292. The second-order valence-electron chi connectivity index (χ2n) is 7.17. The minimum Gasteiger partial charge on any atom is -0.504 e. The van der Waals surface area contributed by atoms with Crippen LogP contribution < -0.4 is 15.4 Å². The number of hydrogen-bond donors (Lipinski definition) is 4. The van der Waals surface area contributed by atoms with Crippen LogP contribution in [0.4, 0.5) is 0 Å². The first-order valence-electron chi connectivity index (χ1n) is 10.2. The molecule has 0 aromatic heterocycles. The minimum absolute atomic E-state index is 0.0111. The van der Waals surface area contributed by atoms with Gasteiger partial charge in [-0.05, 0) is 23.3 Å². The van der Waals surface area contributed by atoms with Gasteiger partial charge in [0.25, 0.3) is 0 Å². The number of methoxy groups -OCH3 is 2. The maximum Gasteiger partial charge on any atom is 0.328 e. The largest absolute Gasteiger partial charge is 0.504 e. The van der Waals surface area contributed by atoms with Crippen molar-refractivity contribution in [3.8, 4) is 11.5 Å². The summed E-state index contributed by atoms with van der Waals surface area (Å²) in [6.45, 7) is 0.180. The van der Waals surface area contributed by atoms with Gasteiger partial charge in [-0.1, -0.05) is 48.6 Å². The molecule has 2 atom stereocenters. The van der Waals surface area contributed by atoms with E-state index in [2.05, 4.69) is 10.6 Å². The van der Waals surface area contributed by atoms with E-state index in [1.807, 2.05) is 30.3 Å². The molecule has 0 spiro atoms. The average Bonchev–Trinajstić information content (AvgIpc) is 2.80. The van der Waals surface area contributed by atoms with Gasteiger partial charge < -0.3 is 30.3 Å². The smallest absolute Gasteiger partial charge is 0.328 e. The third-order valence-corrected chi connectivity index (χ3v) is 4.78. The van der Waals surface area contributed by atoms with E-state index < -0.39 is 36.4 Å². The molecule has 0 saturated carbocycles. The van der Waals surface area contributed by atoms with Crippen molar-refractivity contribution in [3.05, 3.63) is 65.7 Å². The number of carbonyl (C=O) groups is 3. The minimum atomic E-state index is -1.16. The predicted molar refractivity (Wildman–Crippen MR) is 122 cm³/mol. The molecule has 0 aliphatic rings. The topological polar surface area (TPSA) is 134 Å². The first-order chi connectivity index (χ1) is 15.8. The molecule has 0 unspecified atom stereocenters. The summed E-state index contributed by atoms with van der Waals surface area (Å²) >= 11 is 0. The zero-order valence-electron chi connectivity index (χ0n) is 18.5. The summed E-state index contributed by atoms with van der Waals surface area (Å²) in [5.74, 6) is -2.08. The van der Waals surface area contributed by atoms with Gasteiger partial charge in [-0.2, -0.15) is 0 Å². The van der Waals surface area contributed by atoms with Crippen molar-refractivity contribution in [2.24, 2.45) is 0 Å². The molecule has 1 amide bonds. The fourth-order valence-electron chi connectivity index (χ4n) is 3.11. The van der Waals surface area contributed by atoms with E-state index in [1.54, 1.807) is 24.3 Å². The lowest BCUT2D eigenvalue weighted by molar-refractivity contribution is -0.145. The van der Waals surface area contributed by atoms with Crippen LogP contribution in [0.2, 0.25) is 0 Å². The Labute approximate surface area is 192 Å². The summed E-state index contributed by atoms with van der Waals surface area (Å²) in [5, 5.41) is 24.5. The number of carboxylic acid groups (broad SMARTS) is 1. The van der Waals surface area contributed by atoms with Crippen LogP contribution in [0.3, 0.4) is 0 Å². The molecule has 33 heavy (non-hydrogen) atoms. The Balaban J connectivity index is 2.02. The van der Waals surface area contributed by atoms with Crippen LogP contribution in [0.1, 0.15) is 17.5 Å². The van der Waals surface area contributed by atoms with Crippen LogP contribution >= 0.6 is 0 Å². The molecule has 0 bridgehead atoms. The van der Waals surface area contributed by atoms with E-state index in [0.29, 0.717) is 11.3 Å². The van der Waals surface area contributed by atoms with Crippen molar-refractivity contribution in [2.45, 2.75) is 24.9 Å². The number of carboxylic acids is 1. The first-order valence-corrected chi connectivity index (χ1v) is 10.2. The van der Waals surface area contributed by atoms with Gasteiger partial charge in [0.2, 0.25) is 5.91 Å². The van der Waals surface area contributed by atoms with Crippen LogP contribution in [0.15, 0.2) is 54.6 Å². The Bertz CT molecular complexity index is 976. The van der Waals surface area contributed by atoms with Gasteiger partial charge in [-0.15, -0.1) is 0 Å². The normalized spacial score (nSPS) is 12.7. The number of esters is 1. The van der Waals surface area contributed by atoms with E-state index in [4.69, 9.17) is 9.47 Å². The highest BCUT2D eigenvalue weighted by atomic mass is 16.5. The Kier molecular flexibility index (Phi) is 9.91. The molecule has 0 aliphatic carbocycles. The monoisotopic (exact) mass is 456 g/mol. The zero-order valence-corrected chi connectivity index (χ0v) is 18.5. The van der Waals surface area contributed by atoms with Crippen molar-refractivity contribution in [3.63, 3.8) is 0 Å². The number of phenolic OH excluding ortho intramolecular Hbond substituents is 1. The summed E-state index contributed by atoms with van der Waals surface area (Å²) in [6, 6.07) is 11.9. The quantitative estimate of drug-likeness (QED) is 0.355. The Morgan fingerprint density at radius 3 is 2.39 bits per heavy atom. The fourth-order valence-corrected chi connectivity index (χ4v) is 3.11. The van der Waals surface area contributed by atoms with Crippen LogP contribution in [0.5, 0.6) is 11.5 Å². The molecule has 9 heteroatoms. The molecular formula is C24H28N2O7. The lowest BCUT2D eigenvalue weighted by atomic mass is 10.0. The highest BCUT2D eigenvalue weighted by molar-refractivity contribution is 5.90. The molecule has 0 saturated heterocycles. The van der Waals surface area contributed by atoms with Crippen LogP contribution in [-0.4, -0.2) is 60.9 Å². The van der Waals surface area contributed by atoms with E-state index in [1.165, 1.54) is 20.3 Å². The molecule has 9 nitrogen and oxygen atoms in total. The summed E-state index contributed by atoms with van der Waals surface area (Å²) < 4.78 is 9.78. The molecular weight excluding hydrogens is 428 g/mol. The summed E-state index contributed by atoms with van der Waals surface area (Å²) in [5.41, 5.74) is 1.52. The predicted octanol–water partition coefficient (Wildman–Crippen LogP) is 1.75. The van der Waals surface area contributed by atoms with Crippen molar-refractivity contribution < 1.29 is 34.1 Å². The third kappa shape index (κ3) is 8.30. The van der Waals surface area contributed by atoms with Gasteiger partial charge in [0.15, 0.2) is 11.5 Å². The van der Waals surface area contributed by atoms with E-state index >= 15 is 0 Å². The second kappa shape index (κ2) is 12.9. The van der Waals surface area contributed by atoms with Crippen LogP contribution in [-0.2, 0) is 25.5 Å². The Morgan fingerprint density at radius 1 is 1.06 bits per heavy atom. The number of aromatic hydroxyl groups is 1. The van der Waals surface area contributed by atoms with Crippen LogP contribution in [0.25, 0.3) is 6.08 Å². The summed E-state index contributed by atoms with van der Waals surface area (Å²) in [4.78, 5) is 36.2. The summed E-state index contributed by atoms with van der Waals surface area (Å²) in [6.07, 6.45) is 3.13. The number of aliphatic carboxylic acids is 1. The van der Waals surface area contributed by atoms with Crippen molar-refractivity contribution in [2.75, 3.05) is 20.8 Å². The number of rotatable bonds is 12. The maximum atomic E-state index is 12.8. The van der Waals surface area contributed by atoms with Gasteiger partial charge in [0.1, 0.15) is 6.04 Å². The van der Waals surface area contributed by atoms with Gasteiger partial charge in [0, 0.05) is 13.0 Å². The number of nitrogens with one attached hydrogen (secondary N) is 2. The molecule has 4 N–H and O–H groups in total. The number of benzene rings is 2. The highest BCUT2D eigenvalue weighted by Crippen LogP contribution is 2.26. The second-order valence-corrected chi connectivity index (χ2v) is 7.17. The third-order valence-electron chi connectivity index (χ3n) is 4.78. The van der Waals surface area contributed by atoms with Gasteiger partial charge >= 0.3 is 11.9 Å². The molecule has 0 fully saturated rings. The number of hydrogen-bond acceptors (Lipinski definition) is 7. The van der Waals surface area contributed by atoms with Crippen molar-refractivity contribution >= 4 is 23.9 Å². The van der Waals surface area contributed by atoms with E-state index in [0.717, 1.165) is 5.56 Å². The number of amides is 1. The standard InChI is InChI=1S/C24H28N2O7/c1-32-21-11-10-17(14-20(21)27)9-6-12-25-18(15-22(28)29)23(30)26-19(24(31)33-2)13-16-7-4-3-5-8-16/h3-11,14,18-19,25,27H,12-13,15H2,1-2H3,(H,26,30)(H,28,29)/b9-6+/t18-,19-/m1/s1. The van der Waals surface area contributed by atoms with E-state index in [-0.39, 0.29) is 18.7 Å². The average molecular weight is 456 g/mol. The number of ether oxygens (including phenoxy) is 2. The van der Waals surface area contributed by atoms with Gasteiger partial charge in [0.05, 0.1) is 26.7 Å². The molecule has 0 radical (unpaired) electrons. The molecule has 0 heterocycles. The van der Waals surface area contributed by atoms with Gasteiger partial charge in [-0.25, -0.2) is 4.79 Å². The molecule has 2 aromatic carbocycles. The zero-order chi connectivity index (χ0) is 24.2. The maximum absolute atomic E-state index is 12.8. The first kappa shape index (κ1) is 25.4. The van der Waals surface area contributed by atoms with E-state index in [9.17, 15) is 24.6 Å². The molecule has 0 aliphatic heterocycles. The van der Waals surface area contributed by atoms with Crippen LogP contribution in [0, 0.1) is 0 Å². The summed E-state index contributed by atoms with van der Waals surface area (Å²) in [7, 11) is 2.67.